The molecule has 0 atom stereocenters. The highest BCUT2D eigenvalue weighted by atomic mass is 16.5. The Kier molecular flexibility index (Phi) is 3.49. The van der Waals surface area contributed by atoms with Crippen molar-refractivity contribution in [2.45, 2.75) is 26.7 Å². The summed E-state index contributed by atoms with van der Waals surface area (Å²) in [5, 5.41) is 19.3. The molecule has 4 heteroatoms. The average Bonchev–Trinajstić information content (AvgIpc) is 2.87. The number of ether oxygens (including phenoxy) is 1. The average molecular weight is 284 g/mol. The number of carbonyl (C=O) groups excluding carboxylic acids is 1. The second kappa shape index (κ2) is 5.31. The van der Waals surface area contributed by atoms with Gasteiger partial charge in [-0.1, -0.05) is 24.3 Å². The van der Waals surface area contributed by atoms with Gasteiger partial charge in [0.2, 0.25) is 0 Å². The molecule has 0 saturated carbocycles. The molecule has 2 aromatic carbocycles. The largest absolute Gasteiger partial charge is 0.457 e. The van der Waals surface area contributed by atoms with Crippen LogP contribution >= 0.6 is 0 Å². The van der Waals surface area contributed by atoms with E-state index < -0.39 is 0 Å². The lowest BCUT2D eigenvalue weighted by molar-refractivity contribution is 0.0535. The maximum atomic E-state index is 12.1. The molecule has 1 heterocycles. The minimum atomic E-state index is -0.373. The Hall–Kier alpha value is -2.17. The number of carbonyl (C=O) groups is 1. The topological polar surface area (TPSA) is 66.8 Å². The third kappa shape index (κ3) is 2.13. The van der Waals surface area contributed by atoms with E-state index in [9.17, 15) is 15.0 Å². The normalized spacial score (nSPS) is 13.2. The lowest BCUT2D eigenvalue weighted by Gasteiger charge is -2.17. The van der Waals surface area contributed by atoms with Gasteiger partial charge in [-0.15, -0.1) is 0 Å². The number of esters is 1. The van der Waals surface area contributed by atoms with Crippen molar-refractivity contribution in [3.8, 4) is 11.1 Å². The second-order valence-corrected chi connectivity index (χ2v) is 5.13. The lowest BCUT2D eigenvalue weighted by atomic mass is 9.87. The van der Waals surface area contributed by atoms with Crippen molar-refractivity contribution in [1.29, 1.82) is 0 Å². The van der Waals surface area contributed by atoms with Crippen LogP contribution in [0.1, 0.15) is 32.6 Å². The molecule has 108 valence electrons. The number of rotatable bonds is 3. The minimum absolute atomic E-state index is 0.184. The summed E-state index contributed by atoms with van der Waals surface area (Å²) in [5.41, 5.74) is 5.05. The Morgan fingerprint density at radius 2 is 1.90 bits per heavy atom. The van der Waals surface area contributed by atoms with Crippen LogP contribution in [0.15, 0.2) is 30.3 Å². The van der Waals surface area contributed by atoms with Gasteiger partial charge in [-0.25, -0.2) is 4.79 Å². The number of aryl methyl sites for hydroxylation is 1. The fraction of sp³-hybridized carbons (Fsp3) is 0.235. The molecule has 0 radical (unpaired) electrons. The SMILES string of the molecule is Cc1ccccc1-c1c(CO)c(CO)cc2c1C(=O)OC2. The predicted octanol–water partition coefficient (Wildman–Crippen LogP) is 2.32. The van der Waals surface area contributed by atoms with Crippen LogP contribution in [0, 0.1) is 6.92 Å². The van der Waals surface area contributed by atoms with Crippen LogP contribution in [-0.2, 0) is 24.6 Å². The van der Waals surface area contributed by atoms with Gasteiger partial charge in [-0.2, -0.15) is 0 Å². The first kappa shape index (κ1) is 13.8. The van der Waals surface area contributed by atoms with E-state index in [2.05, 4.69) is 0 Å². The van der Waals surface area contributed by atoms with E-state index in [1.165, 1.54) is 0 Å². The van der Waals surface area contributed by atoms with E-state index in [-0.39, 0.29) is 25.8 Å². The number of aliphatic hydroxyl groups excluding tert-OH is 2. The van der Waals surface area contributed by atoms with E-state index in [0.29, 0.717) is 22.3 Å². The van der Waals surface area contributed by atoms with Crippen molar-refractivity contribution in [2.75, 3.05) is 0 Å². The Morgan fingerprint density at radius 3 is 2.57 bits per heavy atom. The summed E-state index contributed by atoms with van der Waals surface area (Å²) in [6.07, 6.45) is 0. The van der Waals surface area contributed by atoms with Gasteiger partial charge >= 0.3 is 5.97 Å². The van der Waals surface area contributed by atoms with Gasteiger partial charge in [0.15, 0.2) is 0 Å². The second-order valence-electron chi connectivity index (χ2n) is 5.13. The third-order valence-corrected chi connectivity index (χ3v) is 3.91. The highest BCUT2D eigenvalue weighted by molar-refractivity contribution is 6.02. The summed E-state index contributed by atoms with van der Waals surface area (Å²) >= 11 is 0. The molecule has 0 spiro atoms. The number of aliphatic hydroxyl groups is 2. The summed E-state index contributed by atoms with van der Waals surface area (Å²) < 4.78 is 5.12. The molecule has 0 aliphatic carbocycles. The van der Waals surface area contributed by atoms with Gasteiger partial charge < -0.3 is 14.9 Å². The number of fused-ring (bicyclic) bond motifs is 1. The third-order valence-electron chi connectivity index (χ3n) is 3.91. The van der Waals surface area contributed by atoms with Crippen molar-refractivity contribution in [2.24, 2.45) is 0 Å². The first-order valence-corrected chi connectivity index (χ1v) is 6.79. The van der Waals surface area contributed by atoms with Crippen LogP contribution < -0.4 is 0 Å². The maximum Gasteiger partial charge on any atom is 0.339 e. The zero-order valence-electron chi connectivity index (χ0n) is 11.7. The van der Waals surface area contributed by atoms with Gasteiger partial charge in [0.25, 0.3) is 0 Å². The molecule has 0 saturated heterocycles. The van der Waals surface area contributed by atoms with Gasteiger partial charge in [0.1, 0.15) is 6.61 Å². The van der Waals surface area contributed by atoms with Crippen LogP contribution in [0.3, 0.4) is 0 Å². The quantitative estimate of drug-likeness (QED) is 0.849. The predicted molar refractivity (Wildman–Crippen MR) is 77.6 cm³/mol. The van der Waals surface area contributed by atoms with Crippen molar-refractivity contribution < 1.29 is 19.7 Å². The van der Waals surface area contributed by atoms with Crippen LogP contribution in [0.5, 0.6) is 0 Å². The molecule has 2 N–H and O–H groups in total. The fourth-order valence-corrected chi connectivity index (χ4v) is 2.88. The summed E-state index contributed by atoms with van der Waals surface area (Å²) in [5.74, 6) is -0.373. The molecule has 0 fully saturated rings. The fourth-order valence-electron chi connectivity index (χ4n) is 2.88. The van der Waals surface area contributed by atoms with Gasteiger partial charge in [0.05, 0.1) is 18.8 Å². The summed E-state index contributed by atoms with van der Waals surface area (Å²) in [6, 6.07) is 9.42. The first-order chi connectivity index (χ1) is 10.2. The van der Waals surface area contributed by atoms with E-state index >= 15 is 0 Å². The maximum absolute atomic E-state index is 12.1. The summed E-state index contributed by atoms with van der Waals surface area (Å²) in [4.78, 5) is 12.1. The Balaban J connectivity index is 2.39. The van der Waals surface area contributed by atoms with Crippen molar-refractivity contribution in [1.82, 2.24) is 0 Å². The molecule has 0 bridgehead atoms. The van der Waals surface area contributed by atoms with E-state index in [4.69, 9.17) is 4.74 Å². The molecule has 2 aromatic rings. The molecular weight excluding hydrogens is 268 g/mol. The minimum Gasteiger partial charge on any atom is -0.457 e. The zero-order valence-corrected chi connectivity index (χ0v) is 11.7. The zero-order chi connectivity index (χ0) is 15.0. The van der Waals surface area contributed by atoms with Crippen LogP contribution in [-0.4, -0.2) is 16.2 Å². The number of hydrogen-bond acceptors (Lipinski definition) is 4. The molecule has 0 unspecified atom stereocenters. The summed E-state index contributed by atoms with van der Waals surface area (Å²) in [6.45, 7) is 1.75. The standard InChI is InChI=1S/C17H16O4/c1-10-4-2-3-5-13(10)16-14(8-19)11(7-18)6-12-9-21-17(20)15(12)16/h2-6,18-19H,7-9H2,1H3. The van der Waals surface area contributed by atoms with Crippen LogP contribution in [0.4, 0.5) is 0 Å². The Labute approximate surface area is 122 Å². The molecule has 3 rings (SSSR count). The number of benzene rings is 2. The molecule has 21 heavy (non-hydrogen) atoms. The number of cyclic esters (lactones) is 1. The molecular formula is C17H16O4. The van der Waals surface area contributed by atoms with Crippen molar-refractivity contribution in [3.05, 3.63) is 58.1 Å². The summed E-state index contributed by atoms with van der Waals surface area (Å²) in [7, 11) is 0. The Morgan fingerprint density at radius 1 is 1.14 bits per heavy atom. The van der Waals surface area contributed by atoms with Gasteiger partial charge in [-0.3, -0.25) is 0 Å². The molecule has 1 aliphatic heterocycles. The highest BCUT2D eigenvalue weighted by Crippen LogP contribution is 2.38. The molecule has 0 amide bonds. The monoisotopic (exact) mass is 284 g/mol. The first-order valence-electron chi connectivity index (χ1n) is 6.79. The van der Waals surface area contributed by atoms with Gasteiger partial charge in [0, 0.05) is 11.1 Å². The highest BCUT2D eigenvalue weighted by Gasteiger charge is 2.29. The number of hydrogen-bond donors (Lipinski definition) is 2. The van der Waals surface area contributed by atoms with E-state index in [1.54, 1.807) is 6.07 Å². The van der Waals surface area contributed by atoms with Gasteiger partial charge in [-0.05, 0) is 35.2 Å². The van der Waals surface area contributed by atoms with Crippen molar-refractivity contribution >= 4 is 5.97 Å². The van der Waals surface area contributed by atoms with Crippen LogP contribution in [0.25, 0.3) is 11.1 Å². The smallest absolute Gasteiger partial charge is 0.339 e. The van der Waals surface area contributed by atoms with E-state index in [0.717, 1.165) is 16.7 Å². The molecule has 4 nitrogen and oxygen atoms in total. The molecule has 1 aliphatic rings. The molecule has 0 aromatic heterocycles. The van der Waals surface area contributed by atoms with Crippen LogP contribution in [0.2, 0.25) is 0 Å². The lowest BCUT2D eigenvalue weighted by Crippen LogP contribution is -2.06. The Bertz CT molecular complexity index is 719. The van der Waals surface area contributed by atoms with E-state index in [1.807, 2.05) is 31.2 Å². The van der Waals surface area contributed by atoms with Crippen molar-refractivity contribution in [3.63, 3.8) is 0 Å².